The fourth-order valence-corrected chi connectivity index (χ4v) is 2.29. The van der Waals surface area contributed by atoms with Crippen LogP contribution >= 0.6 is 0 Å². The summed E-state index contributed by atoms with van der Waals surface area (Å²) >= 11 is 0. The van der Waals surface area contributed by atoms with Crippen LogP contribution in [0.5, 0.6) is 0 Å². The van der Waals surface area contributed by atoms with Crippen molar-refractivity contribution in [3.8, 4) is 22.8 Å². The van der Waals surface area contributed by atoms with Crippen LogP contribution in [-0.2, 0) is 0 Å². The molecule has 1 amide bonds. The molecule has 0 spiro atoms. The molecule has 0 aliphatic rings. The zero-order valence-corrected chi connectivity index (χ0v) is 13.5. The molecular weight excluding hydrogens is 302 g/mol. The van der Waals surface area contributed by atoms with Gasteiger partial charge in [-0.1, -0.05) is 48.8 Å². The second-order valence-electron chi connectivity index (χ2n) is 5.48. The van der Waals surface area contributed by atoms with E-state index in [9.17, 15) is 4.79 Å². The monoisotopic (exact) mass is 321 g/mol. The molecular formula is C19H19N3O2. The summed E-state index contributed by atoms with van der Waals surface area (Å²) in [6.45, 7) is 2.79. The van der Waals surface area contributed by atoms with E-state index >= 15 is 0 Å². The molecule has 0 fully saturated rings. The molecule has 0 saturated heterocycles. The number of unbranched alkanes of at least 4 members (excludes halogenated alkanes) is 1. The number of hydrogen-bond acceptors (Lipinski definition) is 4. The molecule has 1 heterocycles. The normalized spacial score (nSPS) is 10.5. The smallest absolute Gasteiger partial charge is 0.258 e. The van der Waals surface area contributed by atoms with E-state index in [-0.39, 0.29) is 5.91 Å². The fraction of sp³-hybridized carbons (Fsp3) is 0.211. The number of carbonyl (C=O) groups excluding carboxylic acids is 1. The Bertz CT molecular complexity index is 795. The molecule has 5 heteroatoms. The Morgan fingerprint density at radius 2 is 1.79 bits per heavy atom. The van der Waals surface area contributed by atoms with Crippen LogP contribution in [0.2, 0.25) is 0 Å². The highest BCUT2D eigenvalue weighted by atomic mass is 16.5. The van der Waals surface area contributed by atoms with E-state index in [2.05, 4.69) is 22.4 Å². The minimum Gasteiger partial charge on any atom is -0.352 e. The molecule has 0 bridgehead atoms. The number of nitrogens with one attached hydrogen (secondary N) is 1. The third kappa shape index (κ3) is 3.68. The molecule has 3 rings (SSSR count). The van der Waals surface area contributed by atoms with Crippen LogP contribution in [0.1, 0.15) is 30.1 Å². The van der Waals surface area contributed by atoms with Crippen molar-refractivity contribution in [2.24, 2.45) is 0 Å². The topological polar surface area (TPSA) is 68.0 Å². The van der Waals surface area contributed by atoms with Gasteiger partial charge >= 0.3 is 0 Å². The maximum atomic E-state index is 12.0. The number of rotatable bonds is 6. The zero-order valence-electron chi connectivity index (χ0n) is 13.5. The van der Waals surface area contributed by atoms with E-state index in [0.29, 0.717) is 23.8 Å². The third-order valence-corrected chi connectivity index (χ3v) is 3.67. The molecule has 0 radical (unpaired) electrons. The van der Waals surface area contributed by atoms with Gasteiger partial charge in [-0.05, 0) is 30.7 Å². The summed E-state index contributed by atoms with van der Waals surface area (Å²) in [5.74, 6) is 0.923. The summed E-state index contributed by atoms with van der Waals surface area (Å²) in [6.07, 6.45) is 2.04. The SMILES string of the molecule is CCCCNC(=O)c1ccc(-c2noc(-c3ccccc3)n2)cc1. The van der Waals surface area contributed by atoms with Crippen molar-refractivity contribution < 1.29 is 9.32 Å². The maximum Gasteiger partial charge on any atom is 0.258 e. The van der Waals surface area contributed by atoms with Crippen molar-refractivity contribution in [3.05, 3.63) is 60.2 Å². The lowest BCUT2D eigenvalue weighted by Crippen LogP contribution is -2.24. The number of hydrogen-bond donors (Lipinski definition) is 1. The Hall–Kier alpha value is -2.95. The lowest BCUT2D eigenvalue weighted by atomic mass is 10.1. The number of carbonyl (C=O) groups is 1. The van der Waals surface area contributed by atoms with E-state index in [4.69, 9.17) is 4.52 Å². The van der Waals surface area contributed by atoms with Crippen molar-refractivity contribution >= 4 is 5.91 Å². The number of nitrogens with zero attached hydrogens (tertiary/aromatic N) is 2. The van der Waals surface area contributed by atoms with Crippen molar-refractivity contribution in [2.45, 2.75) is 19.8 Å². The first kappa shape index (κ1) is 15.9. The van der Waals surface area contributed by atoms with Gasteiger partial charge in [0.25, 0.3) is 11.8 Å². The first-order valence-electron chi connectivity index (χ1n) is 8.05. The van der Waals surface area contributed by atoms with Gasteiger partial charge < -0.3 is 9.84 Å². The summed E-state index contributed by atoms with van der Waals surface area (Å²) in [5.41, 5.74) is 2.32. The molecule has 24 heavy (non-hydrogen) atoms. The highest BCUT2D eigenvalue weighted by Gasteiger charge is 2.11. The quantitative estimate of drug-likeness (QED) is 0.698. The molecule has 3 aromatic rings. The van der Waals surface area contributed by atoms with Crippen molar-refractivity contribution in [1.29, 1.82) is 0 Å². The number of benzene rings is 2. The van der Waals surface area contributed by atoms with Gasteiger partial charge in [-0.2, -0.15) is 4.98 Å². The molecule has 0 aliphatic carbocycles. The summed E-state index contributed by atoms with van der Waals surface area (Å²) in [6, 6.07) is 16.8. The van der Waals surface area contributed by atoms with E-state index in [1.54, 1.807) is 12.1 Å². The van der Waals surface area contributed by atoms with E-state index in [1.807, 2.05) is 42.5 Å². The lowest BCUT2D eigenvalue weighted by Gasteiger charge is -2.04. The van der Waals surface area contributed by atoms with Crippen LogP contribution in [0, 0.1) is 0 Å². The third-order valence-electron chi connectivity index (χ3n) is 3.67. The Morgan fingerprint density at radius 3 is 2.50 bits per heavy atom. The highest BCUT2D eigenvalue weighted by Crippen LogP contribution is 2.22. The van der Waals surface area contributed by atoms with Gasteiger partial charge in [0.05, 0.1) is 0 Å². The van der Waals surface area contributed by atoms with Gasteiger partial charge in [0.2, 0.25) is 5.82 Å². The lowest BCUT2D eigenvalue weighted by molar-refractivity contribution is 0.0953. The van der Waals surface area contributed by atoms with Gasteiger partial charge in [0.15, 0.2) is 0 Å². The predicted octanol–water partition coefficient (Wildman–Crippen LogP) is 3.93. The average Bonchev–Trinajstić information content (AvgIpc) is 3.13. The molecule has 1 N–H and O–H groups in total. The van der Waals surface area contributed by atoms with Crippen LogP contribution in [0.15, 0.2) is 59.1 Å². The Morgan fingerprint density at radius 1 is 1.04 bits per heavy atom. The predicted molar refractivity (Wildman–Crippen MR) is 92.4 cm³/mol. The molecule has 0 saturated carbocycles. The Balaban J connectivity index is 1.72. The standard InChI is InChI=1S/C19H19N3O2/c1-2-3-13-20-18(23)15-11-9-14(10-12-15)17-21-19(24-22-17)16-7-5-4-6-8-16/h4-12H,2-3,13H2,1H3,(H,20,23). The van der Waals surface area contributed by atoms with Crippen LogP contribution in [0.3, 0.4) is 0 Å². The average molecular weight is 321 g/mol. The van der Waals surface area contributed by atoms with E-state index in [1.165, 1.54) is 0 Å². The largest absolute Gasteiger partial charge is 0.352 e. The molecule has 122 valence electrons. The first-order valence-corrected chi connectivity index (χ1v) is 8.05. The minimum atomic E-state index is -0.0620. The van der Waals surface area contributed by atoms with Crippen LogP contribution < -0.4 is 5.32 Å². The summed E-state index contributed by atoms with van der Waals surface area (Å²) in [7, 11) is 0. The highest BCUT2D eigenvalue weighted by molar-refractivity contribution is 5.94. The van der Waals surface area contributed by atoms with Crippen molar-refractivity contribution in [2.75, 3.05) is 6.54 Å². The fourth-order valence-electron chi connectivity index (χ4n) is 2.29. The summed E-state index contributed by atoms with van der Waals surface area (Å²) in [4.78, 5) is 16.4. The number of aromatic nitrogens is 2. The number of amides is 1. The molecule has 0 atom stereocenters. The Kier molecular flexibility index (Phi) is 5.01. The van der Waals surface area contributed by atoms with Gasteiger partial charge in [-0.3, -0.25) is 4.79 Å². The molecule has 0 aliphatic heterocycles. The summed E-state index contributed by atoms with van der Waals surface area (Å²) in [5, 5.41) is 6.91. The van der Waals surface area contributed by atoms with E-state index < -0.39 is 0 Å². The second-order valence-corrected chi connectivity index (χ2v) is 5.48. The van der Waals surface area contributed by atoms with Gasteiger partial charge in [-0.15, -0.1) is 0 Å². The molecule has 2 aromatic carbocycles. The molecule has 5 nitrogen and oxygen atoms in total. The van der Waals surface area contributed by atoms with Crippen LogP contribution in [0.25, 0.3) is 22.8 Å². The Labute approximate surface area is 140 Å². The van der Waals surface area contributed by atoms with Gasteiger partial charge in [0.1, 0.15) is 0 Å². The summed E-state index contributed by atoms with van der Waals surface area (Å²) < 4.78 is 5.31. The molecule has 1 aromatic heterocycles. The second kappa shape index (κ2) is 7.55. The van der Waals surface area contributed by atoms with Gasteiger partial charge in [-0.25, -0.2) is 0 Å². The maximum absolute atomic E-state index is 12.0. The van der Waals surface area contributed by atoms with Crippen molar-refractivity contribution in [1.82, 2.24) is 15.5 Å². The van der Waals surface area contributed by atoms with Gasteiger partial charge in [0, 0.05) is 23.2 Å². The minimum absolute atomic E-state index is 0.0620. The molecule has 0 unspecified atom stereocenters. The van der Waals surface area contributed by atoms with E-state index in [0.717, 1.165) is 24.0 Å². The zero-order chi connectivity index (χ0) is 16.8. The van der Waals surface area contributed by atoms with Crippen molar-refractivity contribution in [3.63, 3.8) is 0 Å². The van der Waals surface area contributed by atoms with Crippen LogP contribution in [0.4, 0.5) is 0 Å². The first-order chi connectivity index (χ1) is 11.8. The van der Waals surface area contributed by atoms with Crippen LogP contribution in [-0.4, -0.2) is 22.6 Å².